The monoisotopic (exact) mass is 410 g/mol. The van der Waals surface area contributed by atoms with Gasteiger partial charge in [0.05, 0.1) is 19.9 Å². The number of thioether (sulfide) groups is 1. The summed E-state index contributed by atoms with van der Waals surface area (Å²) in [6.07, 6.45) is 3.89. The van der Waals surface area contributed by atoms with E-state index in [9.17, 15) is 0 Å². The summed E-state index contributed by atoms with van der Waals surface area (Å²) >= 11 is 1.61. The summed E-state index contributed by atoms with van der Waals surface area (Å²) in [6.45, 7) is 4.71. The number of methoxy groups -OCH3 is 1. The number of hydrogen-bond donors (Lipinski definition) is 0. The second-order valence-corrected chi connectivity index (χ2v) is 7.42. The van der Waals surface area contributed by atoms with Gasteiger partial charge in [0.25, 0.3) is 0 Å². The normalized spacial score (nSPS) is 11.1. The van der Waals surface area contributed by atoms with Crippen LogP contribution in [-0.4, -0.2) is 34.8 Å². The molecule has 0 aliphatic carbocycles. The van der Waals surface area contributed by atoms with Gasteiger partial charge in [0, 0.05) is 5.75 Å². The van der Waals surface area contributed by atoms with Crippen molar-refractivity contribution in [3.8, 4) is 11.5 Å². The highest BCUT2D eigenvalue weighted by molar-refractivity contribution is 7.98. The van der Waals surface area contributed by atoms with E-state index in [1.165, 1.54) is 5.56 Å². The van der Waals surface area contributed by atoms with Crippen LogP contribution < -0.4 is 9.47 Å². The second kappa shape index (κ2) is 10.7. The first kappa shape index (κ1) is 20.9. The molecule has 0 unspecified atom stereocenters. The van der Waals surface area contributed by atoms with Crippen molar-refractivity contribution in [1.29, 1.82) is 0 Å². The maximum atomic E-state index is 5.79. The smallest absolute Gasteiger partial charge is 0.212 e. The Morgan fingerprint density at radius 1 is 1.10 bits per heavy atom. The molecule has 2 aromatic carbocycles. The van der Waals surface area contributed by atoms with Crippen molar-refractivity contribution in [3.05, 3.63) is 65.5 Å². The Morgan fingerprint density at radius 2 is 1.93 bits per heavy atom. The number of nitrogens with zero attached hydrogens (tertiary/aromatic N) is 4. The molecule has 152 valence electrons. The molecule has 0 amide bonds. The van der Waals surface area contributed by atoms with Gasteiger partial charge < -0.3 is 9.47 Å². The molecular weight excluding hydrogens is 384 g/mol. The number of unbranched alkanes of at least 4 members (excludes halogenated alkanes) is 1. The van der Waals surface area contributed by atoms with E-state index in [0.29, 0.717) is 12.4 Å². The van der Waals surface area contributed by atoms with E-state index < -0.39 is 0 Å². The van der Waals surface area contributed by atoms with Crippen LogP contribution in [0.2, 0.25) is 0 Å². The minimum Gasteiger partial charge on any atom is -0.493 e. The number of rotatable bonds is 10. The maximum absolute atomic E-state index is 5.79. The Hall–Kier alpha value is -2.80. The van der Waals surface area contributed by atoms with Crippen LogP contribution in [0.25, 0.3) is 0 Å². The first-order chi connectivity index (χ1) is 14.2. The van der Waals surface area contributed by atoms with E-state index in [-0.39, 0.29) is 0 Å². The molecule has 1 heterocycles. The Balaban J connectivity index is 1.71. The van der Waals surface area contributed by atoms with Crippen LogP contribution in [0.15, 0.2) is 58.8 Å². The van der Waals surface area contributed by atoms with E-state index in [1.54, 1.807) is 29.8 Å². The van der Waals surface area contributed by atoms with Crippen LogP contribution in [0.4, 0.5) is 0 Å². The summed E-state index contributed by atoms with van der Waals surface area (Å²) < 4.78 is 13.0. The van der Waals surface area contributed by atoms with E-state index in [1.807, 2.05) is 43.3 Å². The highest BCUT2D eigenvalue weighted by atomic mass is 32.2. The topological polar surface area (TPSA) is 61.5 Å². The summed E-state index contributed by atoms with van der Waals surface area (Å²) in [5, 5.41) is 13.8. The van der Waals surface area contributed by atoms with Gasteiger partial charge in [-0.05, 0) is 42.7 Å². The molecule has 0 aliphatic heterocycles. The van der Waals surface area contributed by atoms with E-state index >= 15 is 0 Å². The summed E-state index contributed by atoms with van der Waals surface area (Å²) in [5.74, 6) is 3.00. The molecule has 0 N–H and O–H groups in total. The Labute approximate surface area is 176 Å². The number of ether oxygens (including phenoxy) is 2. The van der Waals surface area contributed by atoms with Crippen LogP contribution in [-0.2, 0) is 5.75 Å². The zero-order chi connectivity index (χ0) is 20.5. The molecule has 6 nitrogen and oxygen atoms in total. The average molecular weight is 411 g/mol. The molecule has 0 fully saturated rings. The fourth-order valence-electron chi connectivity index (χ4n) is 2.62. The molecule has 0 saturated heterocycles. The van der Waals surface area contributed by atoms with Crippen LogP contribution >= 0.6 is 11.8 Å². The Bertz CT molecular complexity index is 941. The molecule has 0 saturated carbocycles. The summed E-state index contributed by atoms with van der Waals surface area (Å²) in [4.78, 5) is 0. The fraction of sp³-hybridized carbons (Fsp3) is 0.318. The number of aryl methyl sites for hydroxylation is 1. The average Bonchev–Trinajstić information content (AvgIpc) is 3.11. The molecule has 3 aromatic rings. The predicted octanol–water partition coefficient (Wildman–Crippen LogP) is 4.95. The lowest BCUT2D eigenvalue weighted by Crippen LogP contribution is -2.00. The quantitative estimate of drug-likeness (QED) is 0.269. The van der Waals surface area contributed by atoms with Crippen LogP contribution in [0, 0.1) is 6.92 Å². The first-order valence-electron chi connectivity index (χ1n) is 9.65. The van der Waals surface area contributed by atoms with Gasteiger partial charge in [0.15, 0.2) is 17.3 Å². The largest absolute Gasteiger partial charge is 0.493 e. The van der Waals surface area contributed by atoms with Crippen LogP contribution in [0.5, 0.6) is 11.5 Å². The van der Waals surface area contributed by atoms with Gasteiger partial charge >= 0.3 is 0 Å². The second-order valence-electron chi connectivity index (χ2n) is 6.47. The van der Waals surface area contributed by atoms with Crippen LogP contribution in [0.1, 0.15) is 36.7 Å². The molecule has 0 atom stereocenters. The van der Waals surface area contributed by atoms with E-state index in [0.717, 1.165) is 40.9 Å². The SMILES string of the molecule is CCCCOc1ccc(/C=N\n2c(C)nnc2SCc2ccccc2)cc1OC. The van der Waals surface area contributed by atoms with Gasteiger partial charge in [0.2, 0.25) is 5.16 Å². The molecule has 7 heteroatoms. The molecule has 0 aliphatic rings. The number of aromatic nitrogens is 3. The third kappa shape index (κ3) is 5.84. The van der Waals surface area contributed by atoms with Crippen molar-refractivity contribution in [1.82, 2.24) is 14.9 Å². The van der Waals surface area contributed by atoms with Gasteiger partial charge in [0.1, 0.15) is 0 Å². The highest BCUT2D eigenvalue weighted by Gasteiger charge is 2.09. The van der Waals surface area contributed by atoms with Gasteiger partial charge in [-0.25, -0.2) is 0 Å². The number of hydrogen-bond acceptors (Lipinski definition) is 6. The third-order valence-electron chi connectivity index (χ3n) is 4.24. The molecule has 0 radical (unpaired) electrons. The molecule has 1 aromatic heterocycles. The van der Waals surface area contributed by atoms with E-state index in [4.69, 9.17) is 9.47 Å². The Kier molecular flexibility index (Phi) is 7.69. The predicted molar refractivity (Wildman–Crippen MR) is 117 cm³/mol. The lowest BCUT2D eigenvalue weighted by molar-refractivity contribution is 0.288. The van der Waals surface area contributed by atoms with Gasteiger partial charge in [-0.3, -0.25) is 0 Å². The number of benzene rings is 2. The molecule has 0 bridgehead atoms. The summed E-state index contributed by atoms with van der Waals surface area (Å²) in [5.41, 5.74) is 2.15. The molecule has 29 heavy (non-hydrogen) atoms. The molecular formula is C22H26N4O2S. The van der Waals surface area contributed by atoms with Crippen LogP contribution in [0.3, 0.4) is 0 Å². The van der Waals surface area contributed by atoms with Crippen molar-refractivity contribution >= 4 is 18.0 Å². The van der Waals surface area contributed by atoms with Crippen molar-refractivity contribution in [2.45, 2.75) is 37.6 Å². The van der Waals surface area contributed by atoms with Crippen molar-refractivity contribution < 1.29 is 9.47 Å². The van der Waals surface area contributed by atoms with Gasteiger partial charge in [-0.1, -0.05) is 55.4 Å². The van der Waals surface area contributed by atoms with Crippen molar-refractivity contribution in [3.63, 3.8) is 0 Å². The lowest BCUT2D eigenvalue weighted by atomic mass is 10.2. The molecule has 3 rings (SSSR count). The molecule has 0 spiro atoms. The zero-order valence-electron chi connectivity index (χ0n) is 17.0. The minimum atomic E-state index is 0.683. The van der Waals surface area contributed by atoms with Gasteiger partial charge in [-0.2, -0.15) is 9.78 Å². The summed E-state index contributed by atoms with van der Waals surface area (Å²) in [6, 6.07) is 16.1. The third-order valence-corrected chi connectivity index (χ3v) is 5.23. The highest BCUT2D eigenvalue weighted by Crippen LogP contribution is 2.28. The van der Waals surface area contributed by atoms with Crippen molar-refractivity contribution in [2.24, 2.45) is 5.10 Å². The fourth-order valence-corrected chi connectivity index (χ4v) is 3.51. The standard InChI is InChI=1S/C22H26N4O2S/c1-4-5-13-28-20-12-11-19(14-21(20)27-3)15-23-26-17(2)24-25-22(26)29-16-18-9-7-6-8-10-18/h6-12,14-15H,4-5,13,16H2,1-3H3/b23-15-. The summed E-state index contributed by atoms with van der Waals surface area (Å²) in [7, 11) is 1.64. The zero-order valence-corrected chi connectivity index (χ0v) is 17.9. The first-order valence-corrected chi connectivity index (χ1v) is 10.6. The maximum Gasteiger partial charge on any atom is 0.212 e. The Morgan fingerprint density at radius 3 is 2.69 bits per heavy atom. The lowest BCUT2D eigenvalue weighted by Gasteiger charge is -2.10. The van der Waals surface area contributed by atoms with Gasteiger partial charge in [-0.15, -0.1) is 10.2 Å². The van der Waals surface area contributed by atoms with E-state index in [2.05, 4.69) is 34.4 Å². The minimum absolute atomic E-state index is 0.683. The van der Waals surface area contributed by atoms with Crippen molar-refractivity contribution in [2.75, 3.05) is 13.7 Å².